The minimum Gasteiger partial charge on any atom is -0.469 e. The van der Waals surface area contributed by atoms with Crippen molar-refractivity contribution in [1.82, 2.24) is 0 Å². The molecule has 0 saturated carbocycles. The SMILES string of the molecule is COC(=O)CC(C)=NC(C(=O)OC)c1ccccc1. The Morgan fingerprint density at radius 3 is 2.32 bits per heavy atom. The summed E-state index contributed by atoms with van der Waals surface area (Å²) in [6, 6.07) is 8.30. The van der Waals surface area contributed by atoms with Crippen molar-refractivity contribution >= 4 is 17.7 Å². The first-order chi connectivity index (χ1) is 9.08. The molecule has 0 saturated heterocycles. The lowest BCUT2D eigenvalue weighted by Gasteiger charge is -2.12. The summed E-state index contributed by atoms with van der Waals surface area (Å²) in [5, 5.41) is 0. The van der Waals surface area contributed by atoms with Crippen LogP contribution in [0, 0.1) is 0 Å². The molecule has 1 aromatic carbocycles. The van der Waals surface area contributed by atoms with Crippen molar-refractivity contribution in [2.75, 3.05) is 14.2 Å². The van der Waals surface area contributed by atoms with Gasteiger partial charge in [-0.2, -0.15) is 0 Å². The molecule has 0 bridgehead atoms. The van der Waals surface area contributed by atoms with E-state index in [0.29, 0.717) is 5.71 Å². The summed E-state index contributed by atoms with van der Waals surface area (Å²) in [6.07, 6.45) is 0.0524. The second kappa shape index (κ2) is 7.31. The predicted molar refractivity (Wildman–Crippen MR) is 70.9 cm³/mol. The van der Waals surface area contributed by atoms with Gasteiger partial charge >= 0.3 is 11.9 Å². The van der Waals surface area contributed by atoms with E-state index in [1.807, 2.05) is 18.2 Å². The van der Waals surface area contributed by atoms with E-state index in [1.165, 1.54) is 14.2 Å². The normalized spacial score (nSPS) is 12.7. The number of methoxy groups -OCH3 is 2. The van der Waals surface area contributed by atoms with Gasteiger partial charge in [0.25, 0.3) is 0 Å². The van der Waals surface area contributed by atoms with Gasteiger partial charge in [-0.05, 0) is 12.5 Å². The summed E-state index contributed by atoms with van der Waals surface area (Å²) in [5.74, 6) is -0.853. The van der Waals surface area contributed by atoms with Gasteiger partial charge in [-0.25, -0.2) is 4.79 Å². The molecule has 5 heteroatoms. The van der Waals surface area contributed by atoms with Gasteiger partial charge in [-0.1, -0.05) is 30.3 Å². The summed E-state index contributed by atoms with van der Waals surface area (Å²) in [6.45, 7) is 1.68. The van der Waals surface area contributed by atoms with E-state index in [4.69, 9.17) is 4.74 Å². The van der Waals surface area contributed by atoms with E-state index in [2.05, 4.69) is 9.73 Å². The first-order valence-electron chi connectivity index (χ1n) is 5.81. The maximum atomic E-state index is 11.8. The van der Waals surface area contributed by atoms with Gasteiger partial charge in [-0.15, -0.1) is 0 Å². The Morgan fingerprint density at radius 1 is 1.16 bits per heavy atom. The van der Waals surface area contributed by atoms with Crippen molar-refractivity contribution in [2.24, 2.45) is 4.99 Å². The average molecular weight is 263 g/mol. The lowest BCUT2D eigenvalue weighted by Crippen LogP contribution is -2.15. The third-order valence-electron chi connectivity index (χ3n) is 2.52. The first-order valence-corrected chi connectivity index (χ1v) is 5.81. The molecular formula is C14H17NO4. The lowest BCUT2D eigenvalue weighted by atomic mass is 10.1. The van der Waals surface area contributed by atoms with E-state index in [9.17, 15) is 9.59 Å². The fraction of sp³-hybridized carbons (Fsp3) is 0.357. The summed E-state index contributed by atoms with van der Waals surface area (Å²) < 4.78 is 9.30. The van der Waals surface area contributed by atoms with E-state index < -0.39 is 18.0 Å². The monoisotopic (exact) mass is 263 g/mol. The Labute approximate surface area is 112 Å². The topological polar surface area (TPSA) is 65.0 Å². The number of carbonyl (C=O) groups is 2. The van der Waals surface area contributed by atoms with E-state index >= 15 is 0 Å². The Kier molecular flexibility index (Phi) is 5.73. The smallest absolute Gasteiger partial charge is 0.335 e. The van der Waals surface area contributed by atoms with Gasteiger partial charge in [-0.3, -0.25) is 9.79 Å². The van der Waals surface area contributed by atoms with Crippen LogP contribution in [-0.4, -0.2) is 31.9 Å². The number of ether oxygens (including phenoxy) is 2. The van der Waals surface area contributed by atoms with Gasteiger partial charge in [0.15, 0.2) is 6.04 Å². The van der Waals surface area contributed by atoms with Gasteiger partial charge in [0.2, 0.25) is 0 Å². The van der Waals surface area contributed by atoms with Crippen LogP contribution >= 0.6 is 0 Å². The van der Waals surface area contributed by atoms with Crippen LogP contribution in [0.1, 0.15) is 24.9 Å². The summed E-state index contributed by atoms with van der Waals surface area (Å²) >= 11 is 0. The van der Waals surface area contributed by atoms with Crippen LogP contribution < -0.4 is 0 Å². The zero-order valence-corrected chi connectivity index (χ0v) is 11.3. The highest BCUT2D eigenvalue weighted by atomic mass is 16.5. The zero-order valence-electron chi connectivity index (χ0n) is 11.3. The molecule has 0 aliphatic carbocycles. The molecule has 0 aliphatic heterocycles. The van der Waals surface area contributed by atoms with Crippen LogP contribution in [0.2, 0.25) is 0 Å². The fourth-order valence-corrected chi connectivity index (χ4v) is 1.56. The molecule has 0 amide bonds. The van der Waals surface area contributed by atoms with Crippen LogP contribution in [0.25, 0.3) is 0 Å². The highest BCUT2D eigenvalue weighted by Gasteiger charge is 2.20. The lowest BCUT2D eigenvalue weighted by molar-refractivity contribution is -0.142. The van der Waals surface area contributed by atoms with E-state index in [0.717, 1.165) is 5.56 Å². The van der Waals surface area contributed by atoms with Crippen LogP contribution in [-0.2, 0) is 19.1 Å². The molecular weight excluding hydrogens is 246 g/mol. The maximum Gasteiger partial charge on any atom is 0.335 e. The Bertz CT molecular complexity index is 468. The van der Waals surface area contributed by atoms with Gasteiger partial charge in [0.05, 0.1) is 20.6 Å². The van der Waals surface area contributed by atoms with Crippen LogP contribution in [0.3, 0.4) is 0 Å². The minimum absolute atomic E-state index is 0.0524. The summed E-state index contributed by atoms with van der Waals surface area (Å²) in [5.41, 5.74) is 1.24. The van der Waals surface area contributed by atoms with Crippen molar-refractivity contribution in [1.29, 1.82) is 0 Å². The van der Waals surface area contributed by atoms with Crippen molar-refractivity contribution in [3.63, 3.8) is 0 Å². The van der Waals surface area contributed by atoms with Crippen molar-refractivity contribution in [3.05, 3.63) is 35.9 Å². The molecule has 0 aliphatic rings. The molecule has 1 unspecified atom stereocenters. The largest absolute Gasteiger partial charge is 0.469 e. The molecule has 1 atom stereocenters. The third-order valence-corrected chi connectivity index (χ3v) is 2.52. The van der Waals surface area contributed by atoms with E-state index in [1.54, 1.807) is 19.1 Å². The molecule has 0 fully saturated rings. The zero-order chi connectivity index (χ0) is 14.3. The van der Waals surface area contributed by atoms with Gasteiger partial charge in [0, 0.05) is 5.71 Å². The first kappa shape index (κ1) is 14.9. The Hall–Kier alpha value is -2.17. The highest BCUT2D eigenvalue weighted by molar-refractivity contribution is 5.98. The van der Waals surface area contributed by atoms with Gasteiger partial charge < -0.3 is 9.47 Å². The minimum atomic E-state index is -0.754. The molecule has 0 aromatic heterocycles. The quantitative estimate of drug-likeness (QED) is 0.601. The van der Waals surface area contributed by atoms with Crippen LogP contribution in [0.5, 0.6) is 0 Å². The molecule has 5 nitrogen and oxygen atoms in total. The van der Waals surface area contributed by atoms with Crippen LogP contribution in [0.15, 0.2) is 35.3 Å². The number of carbonyl (C=O) groups excluding carboxylic acids is 2. The van der Waals surface area contributed by atoms with E-state index in [-0.39, 0.29) is 6.42 Å². The molecule has 0 spiro atoms. The van der Waals surface area contributed by atoms with Crippen molar-refractivity contribution < 1.29 is 19.1 Å². The summed E-state index contributed by atoms with van der Waals surface area (Å²) in [4.78, 5) is 27.2. The third kappa shape index (κ3) is 4.54. The number of esters is 2. The van der Waals surface area contributed by atoms with Gasteiger partial charge in [0.1, 0.15) is 0 Å². The second-order valence-electron chi connectivity index (χ2n) is 3.95. The Balaban J connectivity index is 2.96. The standard InChI is InChI=1S/C14H17NO4/c1-10(9-12(16)18-2)15-13(14(17)19-3)11-7-5-4-6-8-11/h4-8,13H,9H2,1-3H3. The maximum absolute atomic E-state index is 11.8. The molecule has 102 valence electrons. The number of hydrogen-bond donors (Lipinski definition) is 0. The molecule has 0 N–H and O–H groups in total. The Morgan fingerprint density at radius 2 is 1.79 bits per heavy atom. The molecule has 0 heterocycles. The number of hydrogen-bond acceptors (Lipinski definition) is 5. The van der Waals surface area contributed by atoms with Crippen molar-refractivity contribution in [3.8, 4) is 0 Å². The number of nitrogens with zero attached hydrogens (tertiary/aromatic N) is 1. The average Bonchev–Trinajstić information content (AvgIpc) is 2.44. The molecule has 19 heavy (non-hydrogen) atoms. The predicted octanol–water partition coefficient (Wildman–Crippen LogP) is 1.92. The highest BCUT2D eigenvalue weighted by Crippen LogP contribution is 2.19. The molecule has 1 aromatic rings. The molecule has 0 radical (unpaired) electrons. The fourth-order valence-electron chi connectivity index (χ4n) is 1.56. The number of aliphatic imine (C=N–C) groups is 1. The number of rotatable bonds is 5. The number of benzene rings is 1. The molecule has 1 rings (SSSR count). The second-order valence-corrected chi connectivity index (χ2v) is 3.95. The van der Waals surface area contributed by atoms with Crippen molar-refractivity contribution in [2.45, 2.75) is 19.4 Å². The summed E-state index contributed by atoms with van der Waals surface area (Å²) in [7, 11) is 2.62. The van der Waals surface area contributed by atoms with Crippen LogP contribution in [0.4, 0.5) is 0 Å².